The first-order valence-corrected chi connectivity index (χ1v) is 15.1. The van der Waals surface area contributed by atoms with E-state index < -0.39 is 29.7 Å². The maximum Gasteiger partial charge on any atom is 0.341 e. The van der Waals surface area contributed by atoms with Crippen LogP contribution in [0, 0.1) is 0 Å². The fourth-order valence-corrected chi connectivity index (χ4v) is 7.41. The summed E-state index contributed by atoms with van der Waals surface area (Å²) in [5, 5.41) is 2.51. The standard InChI is InChI=1S/C30H29N3O7S2/c1-39-30(38)26-21-8-3-2-4-9-22(21)42-27(26)32-24(34)16-40-29(37)17-10-12-19(13-11-17)33-25(35)15-23(28(33)36)41-20-7-5-6-18(31)14-20/h5-7,10-14,23H,2-4,8-9,15-16,31H2,1H3,(H,32,34). The minimum absolute atomic E-state index is 0.0438. The number of fused-ring (bicyclic) bond motifs is 1. The molecule has 3 aromatic rings. The summed E-state index contributed by atoms with van der Waals surface area (Å²) in [6, 6.07) is 12.9. The Bertz CT molecular complexity index is 1550. The summed E-state index contributed by atoms with van der Waals surface area (Å²) in [6.45, 7) is -0.560. The molecule has 1 aromatic heterocycles. The molecule has 12 heteroatoms. The van der Waals surface area contributed by atoms with Crippen molar-refractivity contribution in [2.24, 2.45) is 0 Å². The van der Waals surface area contributed by atoms with E-state index in [0.29, 0.717) is 21.9 Å². The fraction of sp³-hybridized carbons (Fsp3) is 0.300. The predicted molar refractivity (Wildman–Crippen MR) is 160 cm³/mol. The number of nitrogens with one attached hydrogen (secondary N) is 1. The number of hydrogen-bond donors (Lipinski definition) is 2. The van der Waals surface area contributed by atoms with Gasteiger partial charge in [0.15, 0.2) is 6.61 Å². The third kappa shape index (κ3) is 6.34. The number of esters is 2. The van der Waals surface area contributed by atoms with Gasteiger partial charge in [-0.3, -0.25) is 14.4 Å². The molecule has 5 rings (SSSR count). The van der Waals surface area contributed by atoms with Gasteiger partial charge in [0.25, 0.3) is 5.91 Å². The van der Waals surface area contributed by atoms with Gasteiger partial charge in [-0.25, -0.2) is 14.5 Å². The Morgan fingerprint density at radius 2 is 1.81 bits per heavy atom. The Morgan fingerprint density at radius 1 is 1.05 bits per heavy atom. The lowest BCUT2D eigenvalue weighted by Crippen LogP contribution is -2.31. The minimum Gasteiger partial charge on any atom is -0.465 e. The van der Waals surface area contributed by atoms with E-state index in [1.54, 1.807) is 18.2 Å². The number of benzene rings is 2. The summed E-state index contributed by atoms with van der Waals surface area (Å²) in [6.07, 6.45) is 4.67. The van der Waals surface area contributed by atoms with E-state index in [4.69, 9.17) is 15.2 Å². The van der Waals surface area contributed by atoms with E-state index in [0.717, 1.165) is 52.3 Å². The van der Waals surface area contributed by atoms with Gasteiger partial charge in [0, 0.05) is 21.9 Å². The number of thioether (sulfide) groups is 1. The highest BCUT2D eigenvalue weighted by molar-refractivity contribution is 8.00. The quantitative estimate of drug-likeness (QED) is 0.162. The Hall–Kier alpha value is -4.16. The SMILES string of the molecule is COC(=O)c1c(NC(=O)COC(=O)c2ccc(N3C(=O)CC(Sc4cccc(N)c4)C3=O)cc2)sc2c1CCCCC2. The highest BCUT2D eigenvalue weighted by Gasteiger charge is 2.40. The maximum atomic E-state index is 13.0. The summed E-state index contributed by atoms with van der Waals surface area (Å²) < 4.78 is 10.1. The normalized spacial score (nSPS) is 16.5. The highest BCUT2D eigenvalue weighted by atomic mass is 32.2. The van der Waals surface area contributed by atoms with Crippen LogP contribution in [-0.4, -0.2) is 48.6 Å². The first-order chi connectivity index (χ1) is 20.2. The number of thiophene rings is 1. The molecule has 3 N–H and O–H groups in total. The van der Waals surface area contributed by atoms with Crippen molar-refractivity contribution in [1.29, 1.82) is 0 Å². The van der Waals surface area contributed by atoms with E-state index in [9.17, 15) is 24.0 Å². The Morgan fingerprint density at radius 3 is 2.55 bits per heavy atom. The van der Waals surface area contributed by atoms with Crippen LogP contribution in [0.1, 0.15) is 56.8 Å². The second-order valence-corrected chi connectivity index (χ2v) is 12.3. The molecular formula is C30H29N3O7S2. The summed E-state index contributed by atoms with van der Waals surface area (Å²) in [4.78, 5) is 66.4. The zero-order valence-electron chi connectivity index (χ0n) is 22.8. The van der Waals surface area contributed by atoms with Crippen LogP contribution >= 0.6 is 23.1 Å². The lowest BCUT2D eigenvalue weighted by molar-refractivity contribution is -0.121. The number of anilines is 3. The van der Waals surface area contributed by atoms with Gasteiger partial charge in [0.2, 0.25) is 11.8 Å². The molecule has 2 aliphatic rings. The van der Waals surface area contributed by atoms with Crippen molar-refractivity contribution in [2.75, 3.05) is 29.7 Å². The number of aryl methyl sites for hydroxylation is 1. The lowest BCUT2D eigenvalue weighted by Gasteiger charge is -2.15. The van der Waals surface area contributed by atoms with Crippen molar-refractivity contribution in [3.05, 3.63) is 70.1 Å². The summed E-state index contributed by atoms with van der Waals surface area (Å²) in [5.74, 6) is -2.53. The Labute approximate surface area is 250 Å². The molecule has 0 saturated carbocycles. The summed E-state index contributed by atoms with van der Waals surface area (Å²) in [7, 11) is 1.30. The van der Waals surface area contributed by atoms with Crippen molar-refractivity contribution in [2.45, 2.75) is 48.7 Å². The second kappa shape index (κ2) is 12.8. The van der Waals surface area contributed by atoms with Crippen LogP contribution in [0.3, 0.4) is 0 Å². The Kier molecular flexibility index (Phi) is 8.93. The van der Waals surface area contributed by atoms with Gasteiger partial charge in [-0.05, 0) is 73.7 Å². The van der Waals surface area contributed by atoms with Gasteiger partial charge < -0.3 is 20.5 Å². The van der Waals surface area contributed by atoms with Gasteiger partial charge in [0.05, 0.1) is 29.2 Å². The maximum absolute atomic E-state index is 13.0. The molecule has 0 spiro atoms. The van der Waals surface area contributed by atoms with Gasteiger partial charge in [0.1, 0.15) is 5.00 Å². The highest BCUT2D eigenvalue weighted by Crippen LogP contribution is 2.38. The number of nitrogens with two attached hydrogens (primary N) is 1. The third-order valence-corrected chi connectivity index (χ3v) is 9.39. The van der Waals surface area contributed by atoms with Crippen LogP contribution < -0.4 is 16.0 Å². The van der Waals surface area contributed by atoms with E-state index >= 15 is 0 Å². The average molecular weight is 608 g/mol. The Balaban J connectivity index is 1.19. The summed E-state index contributed by atoms with van der Waals surface area (Å²) in [5.41, 5.74) is 8.16. The number of amides is 3. The smallest absolute Gasteiger partial charge is 0.341 e. The van der Waals surface area contributed by atoms with Crippen molar-refractivity contribution in [1.82, 2.24) is 0 Å². The molecular weight excluding hydrogens is 578 g/mol. The van der Waals surface area contributed by atoms with Gasteiger partial charge in [-0.1, -0.05) is 12.5 Å². The molecule has 1 aliphatic heterocycles. The van der Waals surface area contributed by atoms with Crippen LogP contribution in [0.25, 0.3) is 0 Å². The van der Waals surface area contributed by atoms with Crippen LogP contribution in [0.5, 0.6) is 0 Å². The largest absolute Gasteiger partial charge is 0.465 e. The number of rotatable bonds is 8. The van der Waals surface area contributed by atoms with Crippen molar-refractivity contribution in [3.8, 4) is 0 Å². The van der Waals surface area contributed by atoms with Crippen LogP contribution in [-0.2, 0) is 36.7 Å². The monoisotopic (exact) mass is 607 g/mol. The number of methoxy groups -OCH3 is 1. The second-order valence-electron chi connectivity index (χ2n) is 9.88. The molecule has 2 aromatic carbocycles. The minimum atomic E-state index is -0.749. The van der Waals surface area contributed by atoms with Crippen molar-refractivity contribution < 1.29 is 33.4 Å². The van der Waals surface area contributed by atoms with Crippen LogP contribution in [0.2, 0.25) is 0 Å². The molecule has 1 atom stereocenters. The number of hydrogen-bond acceptors (Lipinski definition) is 10. The zero-order chi connectivity index (χ0) is 29.8. The van der Waals surface area contributed by atoms with E-state index in [-0.39, 0.29) is 23.8 Å². The van der Waals surface area contributed by atoms with E-state index in [1.165, 1.54) is 54.5 Å². The van der Waals surface area contributed by atoms with Crippen LogP contribution in [0.4, 0.5) is 16.4 Å². The molecule has 1 aliphatic carbocycles. The zero-order valence-corrected chi connectivity index (χ0v) is 24.5. The van der Waals surface area contributed by atoms with E-state index in [1.807, 2.05) is 6.07 Å². The van der Waals surface area contributed by atoms with Crippen molar-refractivity contribution in [3.63, 3.8) is 0 Å². The first kappa shape index (κ1) is 29.3. The molecule has 218 valence electrons. The van der Waals surface area contributed by atoms with Crippen LogP contribution in [0.15, 0.2) is 53.4 Å². The number of nitrogens with zero attached hydrogens (tertiary/aromatic N) is 1. The average Bonchev–Trinajstić information content (AvgIpc) is 3.34. The molecule has 2 heterocycles. The molecule has 0 bridgehead atoms. The number of imide groups is 1. The van der Waals surface area contributed by atoms with Gasteiger partial charge >= 0.3 is 11.9 Å². The van der Waals surface area contributed by atoms with Gasteiger partial charge in [-0.2, -0.15) is 0 Å². The number of carbonyl (C=O) groups excluding carboxylic acids is 5. The number of nitrogen functional groups attached to an aromatic ring is 1. The molecule has 10 nitrogen and oxygen atoms in total. The first-order valence-electron chi connectivity index (χ1n) is 13.4. The third-order valence-electron chi connectivity index (χ3n) is 7.00. The topological polar surface area (TPSA) is 145 Å². The van der Waals surface area contributed by atoms with Crippen molar-refractivity contribution >= 4 is 69.1 Å². The summed E-state index contributed by atoms with van der Waals surface area (Å²) >= 11 is 2.63. The van der Waals surface area contributed by atoms with E-state index in [2.05, 4.69) is 5.32 Å². The molecule has 0 radical (unpaired) electrons. The molecule has 1 saturated heterocycles. The molecule has 42 heavy (non-hydrogen) atoms. The lowest BCUT2D eigenvalue weighted by atomic mass is 10.1. The number of ether oxygens (including phenoxy) is 2. The molecule has 1 unspecified atom stereocenters. The molecule has 1 fully saturated rings. The fourth-order valence-electron chi connectivity index (χ4n) is 4.99. The van der Waals surface area contributed by atoms with Gasteiger partial charge in [-0.15, -0.1) is 23.1 Å². The molecule has 3 amide bonds. The number of carbonyl (C=O) groups is 5. The predicted octanol–water partition coefficient (Wildman–Crippen LogP) is 4.61.